The Labute approximate surface area is 196 Å². The molecular weight excluding hydrogens is 479 g/mol. The summed E-state index contributed by atoms with van der Waals surface area (Å²) in [5.74, 6) is -4.45. The molecule has 2 aromatic rings. The van der Waals surface area contributed by atoms with Gasteiger partial charge in [-0.3, -0.25) is 10.1 Å². The van der Waals surface area contributed by atoms with Crippen molar-refractivity contribution >= 4 is 18.0 Å². The zero-order valence-corrected chi connectivity index (χ0v) is 18.2. The van der Waals surface area contributed by atoms with E-state index in [9.17, 15) is 36.3 Å². The van der Waals surface area contributed by atoms with Crippen LogP contribution >= 0.6 is 0 Å². The second-order valence-corrected chi connectivity index (χ2v) is 8.06. The predicted molar refractivity (Wildman–Crippen MR) is 113 cm³/mol. The van der Waals surface area contributed by atoms with Crippen LogP contribution in [0, 0.1) is 0 Å². The van der Waals surface area contributed by atoms with E-state index in [0.29, 0.717) is 0 Å². The largest absolute Gasteiger partial charge is 0.480 e. The lowest BCUT2D eigenvalue weighted by Crippen LogP contribution is -2.67. The van der Waals surface area contributed by atoms with Crippen molar-refractivity contribution < 1.29 is 46.2 Å². The Morgan fingerprint density at radius 2 is 1.51 bits per heavy atom. The van der Waals surface area contributed by atoms with Gasteiger partial charge in [-0.2, -0.15) is 13.2 Å². The molecular formula is C23H21F5N2O5. The zero-order valence-electron chi connectivity index (χ0n) is 18.2. The monoisotopic (exact) mass is 500 g/mol. The molecule has 35 heavy (non-hydrogen) atoms. The van der Waals surface area contributed by atoms with Crippen molar-refractivity contribution in [3.63, 3.8) is 0 Å². The second-order valence-electron chi connectivity index (χ2n) is 8.06. The number of carbonyl (C=O) groups is 3. The molecule has 2 unspecified atom stereocenters. The van der Waals surface area contributed by atoms with Gasteiger partial charge in [0.05, 0.1) is 0 Å². The van der Waals surface area contributed by atoms with Crippen LogP contribution in [0.4, 0.5) is 26.7 Å². The topological polar surface area (TPSA) is 105 Å². The average Bonchev–Trinajstić information content (AvgIpc) is 3.09. The number of carbonyl (C=O) groups excluding carboxylic acids is 2. The first kappa shape index (κ1) is 25.9. The summed E-state index contributed by atoms with van der Waals surface area (Å²) in [6.45, 7) is -0.0659. The highest BCUT2D eigenvalue weighted by atomic mass is 19.4. The Morgan fingerprint density at radius 1 is 1.00 bits per heavy atom. The van der Waals surface area contributed by atoms with Crippen molar-refractivity contribution in [2.24, 2.45) is 0 Å². The number of ether oxygens (including phenoxy) is 1. The fourth-order valence-corrected chi connectivity index (χ4v) is 3.80. The fourth-order valence-electron chi connectivity index (χ4n) is 3.80. The lowest BCUT2D eigenvalue weighted by Gasteiger charge is -2.32. The number of carboxylic acid groups (broad SMARTS) is 1. The number of carboxylic acids is 1. The molecule has 0 aromatic heterocycles. The van der Waals surface area contributed by atoms with Gasteiger partial charge in [-0.05, 0) is 29.2 Å². The molecule has 0 bridgehead atoms. The van der Waals surface area contributed by atoms with Crippen molar-refractivity contribution in [3.05, 3.63) is 59.7 Å². The maximum Gasteiger partial charge on any atom is 0.420 e. The number of hydrogen-bond donors (Lipinski definition) is 3. The molecule has 1 aliphatic carbocycles. The minimum atomic E-state index is -5.41. The molecule has 2 amide bonds. The van der Waals surface area contributed by atoms with Gasteiger partial charge in [0.25, 0.3) is 5.91 Å². The first-order valence-electron chi connectivity index (χ1n) is 10.4. The molecule has 3 N–H and O–H groups in total. The standard InChI is InChI=1S/C23H21F5N2O5/c1-22(23(26,27)28,20(33)29-17(19(31)32)10-18(24)25)30-21(34)35-11-16-14-8-4-2-6-12(14)13-7-3-5-9-15(13)16/h2-9,16-18H,10-11H2,1H3,(H,29,33)(H,30,34)(H,31,32). The molecule has 0 radical (unpaired) electrons. The first-order chi connectivity index (χ1) is 16.3. The molecule has 0 saturated carbocycles. The maximum absolute atomic E-state index is 13.7. The maximum atomic E-state index is 13.7. The molecule has 2 aromatic carbocycles. The normalized spacial score (nSPS) is 15.5. The van der Waals surface area contributed by atoms with Crippen LogP contribution in [-0.2, 0) is 14.3 Å². The first-order valence-corrected chi connectivity index (χ1v) is 10.4. The summed E-state index contributed by atoms with van der Waals surface area (Å²) in [4.78, 5) is 35.7. The van der Waals surface area contributed by atoms with E-state index in [-0.39, 0.29) is 13.5 Å². The minimum Gasteiger partial charge on any atom is -0.480 e. The summed E-state index contributed by atoms with van der Waals surface area (Å²) in [5.41, 5.74) is -0.278. The molecule has 3 rings (SSSR count). The Morgan fingerprint density at radius 3 is 1.97 bits per heavy atom. The van der Waals surface area contributed by atoms with E-state index in [4.69, 9.17) is 9.84 Å². The molecule has 0 spiro atoms. The van der Waals surface area contributed by atoms with Gasteiger partial charge in [0.1, 0.15) is 12.6 Å². The highest BCUT2D eigenvalue weighted by molar-refractivity contribution is 5.93. The van der Waals surface area contributed by atoms with Gasteiger partial charge in [-0.15, -0.1) is 0 Å². The zero-order chi connectivity index (χ0) is 26.0. The van der Waals surface area contributed by atoms with Crippen LogP contribution in [-0.4, -0.2) is 53.9 Å². The van der Waals surface area contributed by atoms with Gasteiger partial charge in [0.15, 0.2) is 0 Å². The average molecular weight is 500 g/mol. The fraction of sp³-hybridized carbons (Fsp3) is 0.348. The van der Waals surface area contributed by atoms with Gasteiger partial charge >= 0.3 is 18.2 Å². The summed E-state index contributed by atoms with van der Waals surface area (Å²) in [6.07, 6.45) is -11.6. The molecule has 0 fully saturated rings. The summed E-state index contributed by atoms with van der Waals surface area (Å²) in [5, 5.41) is 11.8. The molecule has 0 saturated heterocycles. The summed E-state index contributed by atoms with van der Waals surface area (Å²) in [7, 11) is 0. The molecule has 188 valence electrons. The van der Waals surface area contributed by atoms with Crippen LogP contribution in [0.25, 0.3) is 11.1 Å². The molecule has 2 atom stereocenters. The number of alkyl halides is 5. The molecule has 7 nitrogen and oxygen atoms in total. The van der Waals surface area contributed by atoms with Crippen LogP contribution in [0.3, 0.4) is 0 Å². The summed E-state index contributed by atoms with van der Waals surface area (Å²) >= 11 is 0. The number of rotatable bonds is 8. The number of alkyl carbamates (subject to hydrolysis) is 1. The van der Waals surface area contributed by atoms with Gasteiger partial charge < -0.3 is 15.2 Å². The van der Waals surface area contributed by atoms with E-state index in [1.54, 1.807) is 24.3 Å². The summed E-state index contributed by atoms with van der Waals surface area (Å²) in [6, 6.07) is 12.2. The predicted octanol–water partition coefficient (Wildman–Crippen LogP) is 4.07. The van der Waals surface area contributed by atoms with Gasteiger partial charge in [-0.25, -0.2) is 18.4 Å². The van der Waals surface area contributed by atoms with E-state index in [0.717, 1.165) is 22.3 Å². The van der Waals surface area contributed by atoms with E-state index in [1.807, 2.05) is 24.3 Å². The lowest BCUT2D eigenvalue weighted by molar-refractivity contribution is -0.195. The van der Waals surface area contributed by atoms with Crippen LogP contribution in [0.1, 0.15) is 30.4 Å². The van der Waals surface area contributed by atoms with Gasteiger partial charge in [0, 0.05) is 12.3 Å². The summed E-state index contributed by atoms with van der Waals surface area (Å²) < 4.78 is 71.4. The van der Waals surface area contributed by atoms with Crippen molar-refractivity contribution in [3.8, 4) is 11.1 Å². The van der Waals surface area contributed by atoms with Crippen LogP contribution < -0.4 is 10.6 Å². The lowest BCUT2D eigenvalue weighted by atomic mass is 9.98. The van der Waals surface area contributed by atoms with Gasteiger partial charge in [-0.1, -0.05) is 48.5 Å². The molecule has 0 heterocycles. The number of nitrogens with one attached hydrogen (secondary N) is 2. The van der Waals surface area contributed by atoms with Crippen LogP contribution in [0.15, 0.2) is 48.5 Å². The smallest absolute Gasteiger partial charge is 0.420 e. The number of amides is 2. The van der Waals surface area contributed by atoms with Gasteiger partial charge in [0.2, 0.25) is 12.0 Å². The third-order valence-electron chi connectivity index (χ3n) is 5.73. The SMILES string of the molecule is CC(NC(=O)OCC1c2ccccc2-c2ccccc21)(C(=O)NC(CC(F)F)C(=O)O)C(F)(F)F. The Bertz CT molecular complexity index is 1080. The quantitative estimate of drug-likeness (QED) is 0.474. The number of halogens is 5. The number of benzene rings is 2. The van der Waals surface area contributed by atoms with Crippen molar-refractivity contribution in [1.29, 1.82) is 0 Å². The molecule has 1 aliphatic rings. The number of aliphatic carboxylic acids is 1. The Hall–Kier alpha value is -3.70. The van der Waals surface area contributed by atoms with E-state index >= 15 is 0 Å². The van der Waals surface area contributed by atoms with E-state index < -0.39 is 54.5 Å². The highest BCUT2D eigenvalue weighted by Gasteiger charge is 2.59. The molecule has 0 aliphatic heterocycles. The Balaban J connectivity index is 1.75. The number of fused-ring (bicyclic) bond motifs is 3. The van der Waals surface area contributed by atoms with Crippen molar-refractivity contribution in [2.75, 3.05) is 6.61 Å². The van der Waals surface area contributed by atoms with Crippen molar-refractivity contribution in [2.45, 2.75) is 43.4 Å². The van der Waals surface area contributed by atoms with Crippen LogP contribution in [0.5, 0.6) is 0 Å². The van der Waals surface area contributed by atoms with E-state index in [2.05, 4.69) is 0 Å². The second kappa shape index (κ2) is 9.88. The third-order valence-corrected chi connectivity index (χ3v) is 5.73. The minimum absolute atomic E-state index is 0.283. The molecule has 12 heteroatoms. The van der Waals surface area contributed by atoms with Crippen LogP contribution in [0.2, 0.25) is 0 Å². The Kier molecular flexibility index (Phi) is 7.32. The van der Waals surface area contributed by atoms with E-state index in [1.165, 1.54) is 10.6 Å². The third kappa shape index (κ3) is 5.36. The highest BCUT2D eigenvalue weighted by Crippen LogP contribution is 2.44. The van der Waals surface area contributed by atoms with Crippen molar-refractivity contribution in [1.82, 2.24) is 10.6 Å². The number of hydrogen-bond acceptors (Lipinski definition) is 4.